The SMILES string of the molecule is CC(C)CCCCCCCP.c1ccc(-c2ccccc2)cc1. The third kappa shape index (κ3) is 10.3. The molecule has 0 spiro atoms. The van der Waals surface area contributed by atoms with Crippen LogP contribution in [0.25, 0.3) is 11.1 Å². The van der Waals surface area contributed by atoms with Gasteiger partial charge in [-0.3, -0.25) is 0 Å². The average Bonchev–Trinajstić information content (AvgIpc) is 2.60. The second kappa shape index (κ2) is 13.3. The van der Waals surface area contributed by atoms with Gasteiger partial charge in [0.15, 0.2) is 0 Å². The maximum absolute atomic E-state index is 2.79. The summed E-state index contributed by atoms with van der Waals surface area (Å²) in [7, 11) is 2.79. The zero-order valence-corrected chi connectivity index (χ0v) is 16.0. The molecule has 0 N–H and O–H groups in total. The molecule has 0 radical (unpaired) electrons. The van der Waals surface area contributed by atoms with Gasteiger partial charge in [0.05, 0.1) is 0 Å². The second-order valence-electron chi connectivity index (χ2n) is 6.47. The fraction of sp³-hybridized carbons (Fsp3) is 0.455. The van der Waals surface area contributed by atoms with Gasteiger partial charge in [-0.15, -0.1) is 9.24 Å². The highest BCUT2D eigenvalue weighted by Gasteiger charge is 1.93. The zero-order chi connectivity index (χ0) is 16.8. The highest BCUT2D eigenvalue weighted by atomic mass is 31.0. The van der Waals surface area contributed by atoms with Gasteiger partial charge in [0.25, 0.3) is 0 Å². The van der Waals surface area contributed by atoms with Crippen LogP contribution in [0.1, 0.15) is 52.4 Å². The van der Waals surface area contributed by atoms with Crippen molar-refractivity contribution in [1.82, 2.24) is 0 Å². The fourth-order valence-corrected chi connectivity index (χ4v) is 2.78. The first kappa shape index (κ1) is 19.9. The second-order valence-corrected chi connectivity index (χ2v) is 7.05. The minimum absolute atomic E-state index is 0.900. The van der Waals surface area contributed by atoms with E-state index < -0.39 is 0 Å². The molecule has 0 bridgehead atoms. The van der Waals surface area contributed by atoms with Crippen LogP contribution in [-0.4, -0.2) is 6.16 Å². The van der Waals surface area contributed by atoms with Gasteiger partial charge in [0.2, 0.25) is 0 Å². The fourth-order valence-electron chi connectivity index (χ4n) is 2.49. The Labute approximate surface area is 145 Å². The van der Waals surface area contributed by atoms with E-state index in [9.17, 15) is 0 Å². The average molecular weight is 328 g/mol. The van der Waals surface area contributed by atoms with Crippen LogP contribution in [-0.2, 0) is 0 Å². The van der Waals surface area contributed by atoms with Crippen molar-refractivity contribution in [2.24, 2.45) is 5.92 Å². The van der Waals surface area contributed by atoms with Crippen molar-refractivity contribution in [2.75, 3.05) is 6.16 Å². The Bertz CT molecular complexity index is 438. The Morgan fingerprint density at radius 2 is 1.09 bits per heavy atom. The standard InChI is InChI=1S/C12H10.C10H23P/c1-3-7-11(8-4-1)12-9-5-2-6-10-12;1-10(2)8-6-4-3-5-7-9-11/h1-10H;10H,3-9,11H2,1-2H3. The molecule has 1 atom stereocenters. The molecule has 2 aromatic carbocycles. The maximum Gasteiger partial charge on any atom is -0.0184 e. The first-order chi connectivity index (χ1) is 11.2. The number of hydrogen-bond donors (Lipinski definition) is 0. The van der Waals surface area contributed by atoms with E-state index in [-0.39, 0.29) is 0 Å². The Morgan fingerprint density at radius 1 is 0.652 bits per heavy atom. The Morgan fingerprint density at radius 3 is 1.52 bits per heavy atom. The van der Waals surface area contributed by atoms with Crippen LogP contribution in [0.3, 0.4) is 0 Å². The summed E-state index contributed by atoms with van der Waals surface area (Å²) in [5, 5.41) is 0. The predicted molar refractivity (Wildman–Crippen MR) is 109 cm³/mol. The Kier molecular flexibility index (Phi) is 11.5. The minimum Gasteiger partial charge on any atom is -0.138 e. The van der Waals surface area contributed by atoms with Gasteiger partial charge in [-0.1, -0.05) is 107 Å². The first-order valence-electron chi connectivity index (χ1n) is 9.04. The maximum atomic E-state index is 2.79. The lowest BCUT2D eigenvalue weighted by atomic mass is 10.0. The largest absolute Gasteiger partial charge is 0.138 e. The number of unbranched alkanes of at least 4 members (excludes halogenated alkanes) is 4. The molecule has 0 saturated heterocycles. The lowest BCUT2D eigenvalue weighted by Crippen LogP contribution is -1.87. The number of rotatable bonds is 8. The van der Waals surface area contributed by atoms with E-state index in [1.807, 2.05) is 12.1 Å². The summed E-state index contributed by atoms with van der Waals surface area (Å²) in [5.74, 6) is 0.900. The van der Waals surface area contributed by atoms with E-state index in [0.717, 1.165) is 5.92 Å². The lowest BCUT2D eigenvalue weighted by Gasteiger charge is -2.03. The molecule has 23 heavy (non-hydrogen) atoms. The molecule has 2 aromatic rings. The van der Waals surface area contributed by atoms with Gasteiger partial charge in [-0.2, -0.15) is 0 Å². The minimum atomic E-state index is 0.900. The summed E-state index contributed by atoms with van der Waals surface area (Å²) in [6.07, 6.45) is 9.86. The highest BCUT2D eigenvalue weighted by Crippen LogP contribution is 2.17. The van der Waals surface area contributed by atoms with E-state index in [4.69, 9.17) is 0 Å². The molecule has 0 nitrogen and oxygen atoms in total. The molecule has 0 aromatic heterocycles. The molecule has 0 heterocycles. The molecule has 0 saturated carbocycles. The smallest absolute Gasteiger partial charge is 0.0184 e. The molecule has 0 aliphatic carbocycles. The van der Waals surface area contributed by atoms with Crippen LogP contribution >= 0.6 is 9.24 Å². The molecule has 1 heteroatoms. The van der Waals surface area contributed by atoms with Crippen molar-refractivity contribution in [1.29, 1.82) is 0 Å². The lowest BCUT2D eigenvalue weighted by molar-refractivity contribution is 0.519. The Hall–Kier alpha value is -1.13. The van der Waals surface area contributed by atoms with Crippen molar-refractivity contribution < 1.29 is 0 Å². The molecule has 0 aliphatic rings. The zero-order valence-electron chi connectivity index (χ0n) is 14.9. The third-order valence-corrected chi connectivity index (χ3v) is 4.27. The van der Waals surface area contributed by atoms with Crippen LogP contribution in [0.4, 0.5) is 0 Å². The molecule has 0 fully saturated rings. The summed E-state index contributed by atoms with van der Waals surface area (Å²) in [5.41, 5.74) is 2.55. The van der Waals surface area contributed by atoms with Crippen molar-refractivity contribution in [2.45, 2.75) is 52.4 Å². The molecule has 0 aliphatic heterocycles. The molecule has 126 valence electrons. The van der Waals surface area contributed by atoms with Crippen molar-refractivity contribution in [3.05, 3.63) is 60.7 Å². The summed E-state index contributed by atoms with van der Waals surface area (Å²) in [6.45, 7) is 4.62. The van der Waals surface area contributed by atoms with Gasteiger partial charge >= 0.3 is 0 Å². The number of hydrogen-bond acceptors (Lipinski definition) is 0. The van der Waals surface area contributed by atoms with Crippen molar-refractivity contribution in [3.8, 4) is 11.1 Å². The van der Waals surface area contributed by atoms with E-state index >= 15 is 0 Å². The summed E-state index contributed by atoms with van der Waals surface area (Å²) in [6, 6.07) is 20.8. The normalized spacial score (nSPS) is 10.3. The van der Waals surface area contributed by atoms with E-state index in [2.05, 4.69) is 71.6 Å². The highest BCUT2D eigenvalue weighted by molar-refractivity contribution is 7.16. The van der Waals surface area contributed by atoms with Crippen LogP contribution in [0, 0.1) is 5.92 Å². The Balaban J connectivity index is 0.000000232. The predicted octanol–water partition coefficient (Wildman–Crippen LogP) is 7.21. The summed E-state index contributed by atoms with van der Waals surface area (Å²) < 4.78 is 0. The van der Waals surface area contributed by atoms with Crippen LogP contribution in [0.5, 0.6) is 0 Å². The van der Waals surface area contributed by atoms with E-state index in [1.54, 1.807) is 0 Å². The summed E-state index contributed by atoms with van der Waals surface area (Å²) >= 11 is 0. The van der Waals surface area contributed by atoms with E-state index in [0.29, 0.717) is 0 Å². The number of benzene rings is 2. The van der Waals surface area contributed by atoms with Crippen molar-refractivity contribution >= 4 is 9.24 Å². The van der Waals surface area contributed by atoms with E-state index in [1.165, 1.54) is 55.8 Å². The van der Waals surface area contributed by atoms with Crippen LogP contribution in [0.2, 0.25) is 0 Å². The van der Waals surface area contributed by atoms with Crippen LogP contribution < -0.4 is 0 Å². The van der Waals surface area contributed by atoms with Crippen molar-refractivity contribution in [3.63, 3.8) is 0 Å². The molecule has 2 rings (SSSR count). The monoisotopic (exact) mass is 328 g/mol. The third-order valence-electron chi connectivity index (χ3n) is 3.87. The summed E-state index contributed by atoms with van der Waals surface area (Å²) in [4.78, 5) is 0. The molecular weight excluding hydrogens is 295 g/mol. The first-order valence-corrected chi connectivity index (χ1v) is 9.86. The molecule has 0 amide bonds. The van der Waals surface area contributed by atoms with Gasteiger partial charge in [-0.25, -0.2) is 0 Å². The quantitative estimate of drug-likeness (QED) is 0.355. The topological polar surface area (TPSA) is 0 Å². The molecule has 1 unspecified atom stereocenters. The van der Waals surface area contributed by atoms with Gasteiger partial charge in [0, 0.05) is 0 Å². The van der Waals surface area contributed by atoms with Gasteiger partial charge in [-0.05, 0) is 29.6 Å². The molecular formula is C22H33P. The van der Waals surface area contributed by atoms with Gasteiger partial charge in [0.1, 0.15) is 0 Å². The van der Waals surface area contributed by atoms with Gasteiger partial charge < -0.3 is 0 Å². The van der Waals surface area contributed by atoms with Crippen LogP contribution in [0.15, 0.2) is 60.7 Å².